The highest BCUT2D eigenvalue weighted by Gasteiger charge is 2.11. The van der Waals surface area contributed by atoms with Crippen LogP contribution >= 0.6 is 0 Å². The van der Waals surface area contributed by atoms with Gasteiger partial charge in [0, 0.05) is 56.9 Å². The lowest BCUT2D eigenvalue weighted by Crippen LogP contribution is -2.43. The van der Waals surface area contributed by atoms with E-state index in [0.717, 1.165) is 32.0 Å². The summed E-state index contributed by atoms with van der Waals surface area (Å²) < 4.78 is 2.05. The summed E-state index contributed by atoms with van der Waals surface area (Å²) in [4.78, 5) is 6.82. The Morgan fingerprint density at radius 2 is 2.06 bits per heavy atom. The number of rotatable bonds is 2. The molecular weight excluding hydrogens is 224 g/mol. The number of imidazole rings is 1. The Bertz CT molecular complexity index is 526. The summed E-state index contributed by atoms with van der Waals surface area (Å²) in [6.45, 7) is 4.27. The van der Waals surface area contributed by atoms with Crippen molar-refractivity contribution in [3.63, 3.8) is 0 Å². The molecule has 0 radical (unpaired) electrons. The number of aryl methyl sites for hydroxylation is 1. The molecule has 4 heteroatoms. The van der Waals surface area contributed by atoms with Crippen molar-refractivity contribution in [1.29, 1.82) is 0 Å². The maximum Gasteiger partial charge on any atom is 0.139 e. The molecule has 3 rings (SSSR count). The second-order valence-electron chi connectivity index (χ2n) is 4.65. The predicted molar refractivity (Wildman–Crippen MR) is 73.7 cm³/mol. The smallest absolute Gasteiger partial charge is 0.139 e. The largest absolute Gasteiger partial charge is 0.369 e. The SMILES string of the molecule is Cn1ccnc1-c1cccc(N2CCNCC2)c1. The van der Waals surface area contributed by atoms with Crippen molar-refractivity contribution < 1.29 is 0 Å². The normalized spacial score (nSPS) is 15.9. The second kappa shape index (κ2) is 4.82. The molecule has 1 N–H and O–H groups in total. The molecule has 1 aromatic carbocycles. The molecule has 2 aromatic rings. The molecule has 1 aliphatic rings. The van der Waals surface area contributed by atoms with E-state index in [1.54, 1.807) is 0 Å². The fourth-order valence-corrected chi connectivity index (χ4v) is 2.41. The van der Waals surface area contributed by atoms with Gasteiger partial charge in [-0.05, 0) is 12.1 Å². The molecule has 1 aromatic heterocycles. The summed E-state index contributed by atoms with van der Waals surface area (Å²) in [6.07, 6.45) is 3.82. The fourth-order valence-electron chi connectivity index (χ4n) is 2.41. The summed E-state index contributed by atoms with van der Waals surface area (Å²) in [7, 11) is 2.03. The Morgan fingerprint density at radius 3 is 2.78 bits per heavy atom. The Hall–Kier alpha value is -1.81. The van der Waals surface area contributed by atoms with Gasteiger partial charge >= 0.3 is 0 Å². The van der Waals surface area contributed by atoms with Crippen molar-refractivity contribution in [1.82, 2.24) is 14.9 Å². The van der Waals surface area contributed by atoms with Gasteiger partial charge in [0.25, 0.3) is 0 Å². The summed E-state index contributed by atoms with van der Waals surface area (Å²) >= 11 is 0. The van der Waals surface area contributed by atoms with Gasteiger partial charge in [0.2, 0.25) is 0 Å². The van der Waals surface area contributed by atoms with Crippen LogP contribution in [-0.2, 0) is 7.05 Å². The quantitative estimate of drug-likeness (QED) is 0.866. The third-order valence-corrected chi connectivity index (χ3v) is 3.41. The molecule has 0 spiro atoms. The van der Waals surface area contributed by atoms with Crippen LogP contribution in [0.2, 0.25) is 0 Å². The molecule has 0 atom stereocenters. The van der Waals surface area contributed by atoms with Crippen molar-refractivity contribution in [2.24, 2.45) is 7.05 Å². The average molecular weight is 242 g/mol. The first kappa shape index (κ1) is 11.3. The van der Waals surface area contributed by atoms with Crippen LogP contribution in [0.4, 0.5) is 5.69 Å². The maximum absolute atomic E-state index is 4.40. The summed E-state index contributed by atoms with van der Waals surface area (Å²) in [5, 5.41) is 3.38. The molecule has 4 nitrogen and oxygen atoms in total. The molecular formula is C14H18N4. The minimum absolute atomic E-state index is 1.02. The molecule has 94 valence electrons. The van der Waals surface area contributed by atoms with Crippen LogP contribution < -0.4 is 10.2 Å². The van der Waals surface area contributed by atoms with E-state index in [-0.39, 0.29) is 0 Å². The zero-order valence-corrected chi connectivity index (χ0v) is 10.6. The van der Waals surface area contributed by atoms with Crippen LogP contribution in [0, 0.1) is 0 Å². The standard InChI is InChI=1S/C14H18N4/c1-17-8-7-16-14(17)12-3-2-4-13(11-12)18-9-5-15-6-10-18/h2-4,7-8,11,15H,5-6,9-10H2,1H3. The molecule has 1 fully saturated rings. The van der Waals surface area contributed by atoms with Gasteiger partial charge in [0.1, 0.15) is 5.82 Å². The van der Waals surface area contributed by atoms with Crippen molar-refractivity contribution in [3.8, 4) is 11.4 Å². The van der Waals surface area contributed by atoms with E-state index in [9.17, 15) is 0 Å². The topological polar surface area (TPSA) is 33.1 Å². The first-order valence-electron chi connectivity index (χ1n) is 6.38. The Morgan fingerprint density at radius 1 is 1.22 bits per heavy atom. The van der Waals surface area contributed by atoms with Gasteiger partial charge in [-0.25, -0.2) is 4.98 Å². The summed E-state index contributed by atoms with van der Waals surface area (Å²) in [5.74, 6) is 1.02. The van der Waals surface area contributed by atoms with Crippen molar-refractivity contribution in [2.45, 2.75) is 0 Å². The highest BCUT2D eigenvalue weighted by atomic mass is 15.2. The van der Waals surface area contributed by atoms with Crippen LogP contribution in [0.15, 0.2) is 36.7 Å². The Balaban J connectivity index is 1.91. The fraction of sp³-hybridized carbons (Fsp3) is 0.357. The van der Waals surface area contributed by atoms with Gasteiger partial charge in [-0.3, -0.25) is 0 Å². The van der Waals surface area contributed by atoms with E-state index in [0.29, 0.717) is 0 Å². The van der Waals surface area contributed by atoms with Gasteiger partial charge in [-0.2, -0.15) is 0 Å². The highest BCUT2D eigenvalue weighted by Crippen LogP contribution is 2.23. The molecule has 0 saturated carbocycles. The van der Waals surface area contributed by atoms with Gasteiger partial charge in [0.15, 0.2) is 0 Å². The molecule has 0 bridgehead atoms. The first-order chi connectivity index (χ1) is 8.84. The number of nitrogens with zero attached hydrogens (tertiary/aromatic N) is 3. The molecule has 0 unspecified atom stereocenters. The third kappa shape index (κ3) is 2.11. The van der Waals surface area contributed by atoms with Crippen molar-refractivity contribution in [3.05, 3.63) is 36.7 Å². The van der Waals surface area contributed by atoms with E-state index >= 15 is 0 Å². The first-order valence-corrected chi connectivity index (χ1v) is 6.38. The third-order valence-electron chi connectivity index (χ3n) is 3.41. The molecule has 1 aliphatic heterocycles. The Kier molecular flexibility index (Phi) is 3.02. The number of aromatic nitrogens is 2. The van der Waals surface area contributed by atoms with Gasteiger partial charge < -0.3 is 14.8 Å². The number of benzene rings is 1. The van der Waals surface area contributed by atoms with Crippen LogP contribution in [0.25, 0.3) is 11.4 Å². The predicted octanol–water partition coefficient (Wildman–Crippen LogP) is 1.50. The lowest BCUT2D eigenvalue weighted by atomic mass is 10.1. The molecule has 18 heavy (non-hydrogen) atoms. The van der Waals surface area contributed by atoms with Crippen LogP contribution in [-0.4, -0.2) is 35.7 Å². The minimum atomic E-state index is 1.02. The number of piperazine rings is 1. The zero-order chi connectivity index (χ0) is 12.4. The second-order valence-corrected chi connectivity index (χ2v) is 4.65. The minimum Gasteiger partial charge on any atom is -0.369 e. The number of hydrogen-bond donors (Lipinski definition) is 1. The number of anilines is 1. The average Bonchev–Trinajstić information content (AvgIpc) is 2.86. The van der Waals surface area contributed by atoms with Gasteiger partial charge in [-0.15, -0.1) is 0 Å². The zero-order valence-electron chi connectivity index (χ0n) is 10.6. The van der Waals surface area contributed by atoms with E-state index in [4.69, 9.17) is 0 Å². The number of nitrogens with one attached hydrogen (secondary N) is 1. The summed E-state index contributed by atoms with van der Waals surface area (Å²) in [5.41, 5.74) is 2.47. The van der Waals surface area contributed by atoms with E-state index in [1.165, 1.54) is 11.3 Å². The molecule has 2 heterocycles. The van der Waals surface area contributed by atoms with Crippen molar-refractivity contribution >= 4 is 5.69 Å². The maximum atomic E-state index is 4.40. The lowest BCUT2D eigenvalue weighted by Gasteiger charge is -2.29. The molecule has 0 aliphatic carbocycles. The lowest BCUT2D eigenvalue weighted by molar-refractivity contribution is 0.589. The summed E-state index contributed by atoms with van der Waals surface area (Å²) in [6, 6.07) is 8.64. The van der Waals surface area contributed by atoms with E-state index in [1.807, 2.05) is 19.4 Å². The highest BCUT2D eigenvalue weighted by molar-refractivity contribution is 5.63. The monoisotopic (exact) mass is 242 g/mol. The molecule has 1 saturated heterocycles. The number of hydrogen-bond acceptors (Lipinski definition) is 3. The Labute approximate surface area is 107 Å². The van der Waals surface area contributed by atoms with Crippen LogP contribution in [0.1, 0.15) is 0 Å². The van der Waals surface area contributed by atoms with Crippen molar-refractivity contribution in [2.75, 3.05) is 31.1 Å². The van der Waals surface area contributed by atoms with Gasteiger partial charge in [0.05, 0.1) is 0 Å². The van der Waals surface area contributed by atoms with E-state index < -0.39 is 0 Å². The van der Waals surface area contributed by atoms with Gasteiger partial charge in [-0.1, -0.05) is 12.1 Å². The van der Waals surface area contributed by atoms with Crippen LogP contribution in [0.3, 0.4) is 0 Å². The van der Waals surface area contributed by atoms with Crippen LogP contribution in [0.5, 0.6) is 0 Å². The van der Waals surface area contributed by atoms with E-state index in [2.05, 4.69) is 44.0 Å². The molecule has 0 amide bonds.